The van der Waals surface area contributed by atoms with Crippen molar-refractivity contribution in [2.45, 2.75) is 6.92 Å². The molecular weight excluding hydrogens is 423 g/mol. The maximum Gasteiger partial charge on any atom is 0.325 e. The summed E-state index contributed by atoms with van der Waals surface area (Å²) in [7, 11) is 0. The summed E-state index contributed by atoms with van der Waals surface area (Å²) in [6.45, 7) is 5.80. The highest BCUT2D eigenvalue weighted by Gasteiger charge is 2.32. The predicted molar refractivity (Wildman–Crippen MR) is 121 cm³/mol. The summed E-state index contributed by atoms with van der Waals surface area (Å²) < 4.78 is 0. The van der Waals surface area contributed by atoms with Gasteiger partial charge in [-0.05, 0) is 31.2 Å². The Labute approximate surface area is 186 Å². The van der Waals surface area contributed by atoms with Gasteiger partial charge in [-0.3, -0.25) is 9.69 Å². The lowest BCUT2D eigenvalue weighted by molar-refractivity contribution is -0.131. The van der Waals surface area contributed by atoms with E-state index in [1.54, 1.807) is 15.9 Å². The van der Waals surface area contributed by atoms with Crippen LogP contribution in [0.1, 0.15) is 5.56 Å². The molecule has 0 aromatic heterocycles. The smallest absolute Gasteiger partial charge is 0.325 e. The molecule has 3 amide bonds. The second-order valence-corrected chi connectivity index (χ2v) is 8.42. The fourth-order valence-electron chi connectivity index (χ4n) is 3.89. The lowest BCUT2D eigenvalue weighted by Gasteiger charge is -2.37. The molecule has 0 spiro atoms. The van der Waals surface area contributed by atoms with Crippen LogP contribution in [0.3, 0.4) is 0 Å². The number of carbonyl (C=O) groups is 2. The summed E-state index contributed by atoms with van der Waals surface area (Å²) >= 11 is 12.4. The lowest BCUT2D eigenvalue weighted by Crippen LogP contribution is -2.51. The van der Waals surface area contributed by atoms with Gasteiger partial charge in [-0.2, -0.15) is 0 Å². The highest BCUT2D eigenvalue weighted by Crippen LogP contribution is 2.33. The van der Waals surface area contributed by atoms with Crippen LogP contribution in [0.5, 0.6) is 0 Å². The number of amides is 3. The molecule has 0 N–H and O–H groups in total. The van der Waals surface area contributed by atoms with E-state index < -0.39 is 0 Å². The highest BCUT2D eigenvalue weighted by atomic mass is 35.5. The van der Waals surface area contributed by atoms with Gasteiger partial charge in [0, 0.05) is 45.0 Å². The average molecular weight is 447 g/mol. The number of benzene rings is 2. The van der Waals surface area contributed by atoms with Crippen LogP contribution in [0.4, 0.5) is 16.2 Å². The molecule has 158 valence electrons. The Morgan fingerprint density at radius 2 is 1.63 bits per heavy atom. The average Bonchev–Trinajstić information content (AvgIpc) is 3.11. The number of halogens is 2. The molecule has 0 unspecified atom stereocenters. The number of hydrogen-bond acceptors (Lipinski definition) is 3. The van der Waals surface area contributed by atoms with Gasteiger partial charge in [0.2, 0.25) is 5.91 Å². The molecule has 2 saturated heterocycles. The first kappa shape index (κ1) is 20.8. The van der Waals surface area contributed by atoms with Crippen molar-refractivity contribution in [2.24, 2.45) is 0 Å². The van der Waals surface area contributed by atoms with Crippen molar-refractivity contribution in [3.8, 4) is 0 Å². The molecule has 2 aliphatic heterocycles. The SMILES string of the molecule is Cc1ccc(N2CCN(CC(=O)N3CCN(c4cccc(Cl)c4Cl)CC3)C2=O)cc1. The third-order valence-electron chi connectivity index (χ3n) is 5.67. The molecule has 6 nitrogen and oxygen atoms in total. The Kier molecular flexibility index (Phi) is 6.06. The minimum atomic E-state index is -0.114. The third kappa shape index (κ3) is 4.20. The van der Waals surface area contributed by atoms with Gasteiger partial charge in [0.15, 0.2) is 0 Å². The van der Waals surface area contributed by atoms with E-state index in [-0.39, 0.29) is 18.5 Å². The molecule has 8 heteroatoms. The Hall–Kier alpha value is -2.44. The topological polar surface area (TPSA) is 47.1 Å². The second kappa shape index (κ2) is 8.74. The number of hydrogen-bond donors (Lipinski definition) is 0. The van der Waals surface area contributed by atoms with E-state index >= 15 is 0 Å². The van der Waals surface area contributed by atoms with Crippen LogP contribution in [-0.4, -0.2) is 67.6 Å². The van der Waals surface area contributed by atoms with Gasteiger partial charge in [-0.25, -0.2) is 4.79 Å². The second-order valence-electron chi connectivity index (χ2n) is 7.63. The standard InChI is InChI=1S/C22H24Cl2N4O2/c1-16-5-7-17(8-6-16)28-14-13-27(22(28)30)15-20(29)26-11-9-25(10-12-26)19-4-2-3-18(23)21(19)24/h2-8H,9-15H2,1H3. The van der Waals surface area contributed by atoms with E-state index in [1.165, 1.54) is 0 Å². The minimum absolute atomic E-state index is 0.0223. The van der Waals surface area contributed by atoms with Crippen molar-refractivity contribution in [1.82, 2.24) is 9.80 Å². The first-order valence-corrected chi connectivity index (χ1v) is 10.8. The Morgan fingerprint density at radius 3 is 2.33 bits per heavy atom. The van der Waals surface area contributed by atoms with E-state index in [0.29, 0.717) is 49.3 Å². The summed E-state index contributed by atoms with van der Waals surface area (Å²) in [4.78, 5) is 32.9. The fraction of sp³-hybridized carbons (Fsp3) is 0.364. The maximum absolute atomic E-state index is 12.8. The Morgan fingerprint density at radius 1 is 0.933 bits per heavy atom. The number of urea groups is 1. The molecule has 2 fully saturated rings. The monoisotopic (exact) mass is 446 g/mol. The first-order chi connectivity index (χ1) is 14.4. The normalized spacial score (nSPS) is 17.1. The number of anilines is 2. The zero-order valence-electron chi connectivity index (χ0n) is 16.9. The molecule has 30 heavy (non-hydrogen) atoms. The van der Waals surface area contributed by atoms with Crippen LogP contribution in [-0.2, 0) is 4.79 Å². The quantitative estimate of drug-likeness (QED) is 0.715. The van der Waals surface area contributed by atoms with Gasteiger partial charge in [-0.15, -0.1) is 0 Å². The molecule has 0 bridgehead atoms. The van der Waals surface area contributed by atoms with Gasteiger partial charge >= 0.3 is 6.03 Å². The molecule has 0 aliphatic carbocycles. The summed E-state index contributed by atoms with van der Waals surface area (Å²) in [5, 5.41) is 1.07. The van der Waals surface area contributed by atoms with Gasteiger partial charge < -0.3 is 14.7 Å². The van der Waals surface area contributed by atoms with Gasteiger partial charge in [0.05, 0.1) is 15.7 Å². The number of piperazine rings is 1. The van der Waals surface area contributed by atoms with Crippen LogP contribution in [0, 0.1) is 6.92 Å². The van der Waals surface area contributed by atoms with Crippen LogP contribution in [0.25, 0.3) is 0 Å². The molecule has 2 aromatic carbocycles. The van der Waals surface area contributed by atoms with Gasteiger partial charge in [0.1, 0.15) is 6.54 Å². The van der Waals surface area contributed by atoms with E-state index in [2.05, 4.69) is 4.90 Å². The molecule has 2 aromatic rings. The minimum Gasteiger partial charge on any atom is -0.367 e. The van der Waals surface area contributed by atoms with Crippen LogP contribution in [0.2, 0.25) is 10.0 Å². The summed E-state index contributed by atoms with van der Waals surface area (Å²) in [6, 6.07) is 13.3. The van der Waals surface area contributed by atoms with Crippen molar-refractivity contribution in [1.29, 1.82) is 0 Å². The molecule has 0 atom stereocenters. The van der Waals surface area contributed by atoms with E-state index in [4.69, 9.17) is 23.2 Å². The van der Waals surface area contributed by atoms with Crippen LogP contribution < -0.4 is 9.80 Å². The first-order valence-electron chi connectivity index (χ1n) is 10.0. The van der Waals surface area contributed by atoms with Crippen molar-refractivity contribution in [2.75, 3.05) is 55.6 Å². The van der Waals surface area contributed by atoms with Crippen LogP contribution >= 0.6 is 23.2 Å². The van der Waals surface area contributed by atoms with Crippen molar-refractivity contribution < 1.29 is 9.59 Å². The highest BCUT2D eigenvalue weighted by molar-refractivity contribution is 6.43. The predicted octanol–water partition coefficient (Wildman–Crippen LogP) is 3.89. The Balaban J connectivity index is 1.32. The third-order valence-corrected chi connectivity index (χ3v) is 6.48. The number of nitrogens with zero attached hydrogens (tertiary/aromatic N) is 4. The number of aryl methyl sites for hydroxylation is 1. The molecular formula is C22H24Cl2N4O2. The number of carbonyl (C=O) groups excluding carboxylic acids is 2. The molecule has 2 heterocycles. The van der Waals surface area contributed by atoms with Crippen molar-refractivity contribution >= 4 is 46.5 Å². The Bertz CT molecular complexity index is 943. The molecule has 0 saturated carbocycles. The lowest BCUT2D eigenvalue weighted by atomic mass is 10.2. The maximum atomic E-state index is 12.8. The van der Waals surface area contributed by atoms with E-state index in [1.807, 2.05) is 48.2 Å². The van der Waals surface area contributed by atoms with E-state index in [0.717, 1.165) is 16.9 Å². The van der Waals surface area contributed by atoms with Crippen molar-refractivity contribution in [3.63, 3.8) is 0 Å². The summed E-state index contributed by atoms with van der Waals surface area (Å²) in [6.07, 6.45) is 0. The largest absolute Gasteiger partial charge is 0.367 e. The molecule has 2 aliphatic rings. The van der Waals surface area contributed by atoms with Crippen molar-refractivity contribution in [3.05, 3.63) is 58.1 Å². The molecule has 0 radical (unpaired) electrons. The zero-order valence-corrected chi connectivity index (χ0v) is 18.4. The van der Waals surface area contributed by atoms with E-state index in [9.17, 15) is 9.59 Å². The summed E-state index contributed by atoms with van der Waals surface area (Å²) in [5.41, 5.74) is 2.91. The molecule has 4 rings (SSSR count). The fourth-order valence-corrected chi connectivity index (χ4v) is 4.31. The zero-order chi connectivity index (χ0) is 21.3. The van der Waals surface area contributed by atoms with Crippen LogP contribution in [0.15, 0.2) is 42.5 Å². The number of rotatable bonds is 4. The summed E-state index contributed by atoms with van der Waals surface area (Å²) in [5.74, 6) is -0.0223. The van der Waals surface area contributed by atoms with Gasteiger partial charge in [-0.1, -0.05) is 47.0 Å². The van der Waals surface area contributed by atoms with Gasteiger partial charge in [0.25, 0.3) is 0 Å².